The Kier molecular flexibility index (Phi) is 6.48. The van der Waals surface area contributed by atoms with Gasteiger partial charge in [-0.05, 0) is 26.4 Å². The molecule has 0 saturated carbocycles. The molecule has 1 fully saturated rings. The number of hydrogen-bond donors (Lipinski definition) is 0. The van der Waals surface area contributed by atoms with Crippen LogP contribution in [0.5, 0.6) is 0 Å². The van der Waals surface area contributed by atoms with E-state index in [1.165, 1.54) is 39.1 Å². The largest absolute Gasteiger partial charge is 0.301 e. The summed E-state index contributed by atoms with van der Waals surface area (Å²) in [5, 5.41) is 1.10. The van der Waals surface area contributed by atoms with Crippen LogP contribution in [0.4, 0.5) is 0 Å². The van der Waals surface area contributed by atoms with Crippen molar-refractivity contribution in [3.63, 3.8) is 0 Å². The van der Waals surface area contributed by atoms with Gasteiger partial charge in [0.1, 0.15) is 0 Å². The summed E-state index contributed by atoms with van der Waals surface area (Å²) in [7, 11) is 0. The van der Waals surface area contributed by atoms with E-state index in [9.17, 15) is 0 Å². The first kappa shape index (κ1) is 12.2. The summed E-state index contributed by atoms with van der Waals surface area (Å²) in [6, 6.07) is 0. The molecule has 0 aliphatic carbocycles. The Morgan fingerprint density at radius 1 is 1.14 bits per heavy atom. The van der Waals surface area contributed by atoms with Gasteiger partial charge in [-0.25, -0.2) is 0 Å². The predicted octanol–water partition coefficient (Wildman–Crippen LogP) is 1.97. The number of alkyl halides is 1. The Morgan fingerprint density at radius 2 is 1.86 bits per heavy atom. The number of nitrogens with zero attached hydrogens (tertiary/aromatic N) is 2. The lowest BCUT2D eigenvalue weighted by Crippen LogP contribution is -2.31. The SMILES string of the molecule is C/C=C/CN1CCCN(CCBr)CC1. The molecule has 1 aliphatic heterocycles. The molecule has 0 N–H and O–H groups in total. The summed E-state index contributed by atoms with van der Waals surface area (Å²) < 4.78 is 0. The van der Waals surface area contributed by atoms with Crippen molar-refractivity contribution in [1.82, 2.24) is 9.80 Å². The van der Waals surface area contributed by atoms with Crippen LogP contribution in [0.3, 0.4) is 0 Å². The molecule has 0 aromatic carbocycles. The maximum absolute atomic E-state index is 3.50. The van der Waals surface area contributed by atoms with E-state index in [1.807, 2.05) is 0 Å². The molecule has 1 heterocycles. The molecule has 2 nitrogen and oxygen atoms in total. The van der Waals surface area contributed by atoms with Crippen LogP contribution in [0.25, 0.3) is 0 Å². The van der Waals surface area contributed by atoms with Crippen LogP contribution in [0, 0.1) is 0 Å². The zero-order chi connectivity index (χ0) is 10.2. The van der Waals surface area contributed by atoms with Crippen LogP contribution in [0.15, 0.2) is 12.2 Å². The van der Waals surface area contributed by atoms with Crippen LogP contribution >= 0.6 is 15.9 Å². The van der Waals surface area contributed by atoms with Gasteiger partial charge >= 0.3 is 0 Å². The molecule has 1 rings (SSSR count). The molecule has 14 heavy (non-hydrogen) atoms. The van der Waals surface area contributed by atoms with Crippen molar-refractivity contribution < 1.29 is 0 Å². The van der Waals surface area contributed by atoms with Gasteiger partial charge < -0.3 is 4.90 Å². The zero-order valence-corrected chi connectivity index (χ0v) is 10.7. The van der Waals surface area contributed by atoms with Gasteiger partial charge in [-0.1, -0.05) is 28.1 Å². The van der Waals surface area contributed by atoms with E-state index < -0.39 is 0 Å². The topological polar surface area (TPSA) is 6.48 Å². The van der Waals surface area contributed by atoms with Crippen LogP contribution in [0.1, 0.15) is 13.3 Å². The third-order valence-electron chi connectivity index (χ3n) is 2.68. The number of hydrogen-bond acceptors (Lipinski definition) is 2. The first-order valence-electron chi connectivity index (χ1n) is 5.48. The fourth-order valence-electron chi connectivity index (χ4n) is 1.80. The van der Waals surface area contributed by atoms with Gasteiger partial charge in [0, 0.05) is 31.5 Å². The number of halogens is 1. The van der Waals surface area contributed by atoms with Crippen molar-refractivity contribution >= 4 is 15.9 Å². The van der Waals surface area contributed by atoms with E-state index in [1.54, 1.807) is 0 Å². The third kappa shape index (κ3) is 4.58. The van der Waals surface area contributed by atoms with Crippen LogP contribution in [-0.4, -0.2) is 54.4 Å². The highest BCUT2D eigenvalue weighted by Crippen LogP contribution is 2.03. The molecule has 1 saturated heterocycles. The molecular weight excluding hydrogens is 240 g/mol. The molecule has 1 aliphatic rings. The molecular formula is C11H21BrN2. The smallest absolute Gasteiger partial charge is 0.0163 e. The average Bonchev–Trinajstić information content (AvgIpc) is 2.41. The number of allylic oxidation sites excluding steroid dienone is 1. The minimum atomic E-state index is 1.10. The average molecular weight is 261 g/mol. The second-order valence-corrected chi connectivity index (χ2v) is 4.55. The summed E-state index contributed by atoms with van der Waals surface area (Å²) in [4.78, 5) is 5.08. The van der Waals surface area contributed by atoms with Gasteiger partial charge in [-0.3, -0.25) is 4.90 Å². The van der Waals surface area contributed by atoms with E-state index in [-0.39, 0.29) is 0 Å². The van der Waals surface area contributed by atoms with Crippen molar-refractivity contribution in [2.24, 2.45) is 0 Å². The van der Waals surface area contributed by atoms with Gasteiger partial charge in [-0.15, -0.1) is 0 Å². The van der Waals surface area contributed by atoms with E-state index in [4.69, 9.17) is 0 Å². The summed E-state index contributed by atoms with van der Waals surface area (Å²) in [6.07, 6.45) is 5.70. The van der Waals surface area contributed by atoms with Crippen LogP contribution in [0.2, 0.25) is 0 Å². The highest BCUT2D eigenvalue weighted by atomic mass is 79.9. The number of rotatable bonds is 4. The first-order chi connectivity index (χ1) is 6.86. The molecule has 0 atom stereocenters. The van der Waals surface area contributed by atoms with Crippen molar-refractivity contribution in [3.05, 3.63) is 12.2 Å². The lowest BCUT2D eigenvalue weighted by molar-refractivity contribution is 0.280. The van der Waals surface area contributed by atoms with Gasteiger partial charge in [0.05, 0.1) is 0 Å². The lowest BCUT2D eigenvalue weighted by Gasteiger charge is -2.19. The monoisotopic (exact) mass is 260 g/mol. The molecule has 0 aromatic heterocycles. The molecule has 0 amide bonds. The minimum Gasteiger partial charge on any atom is -0.301 e. The molecule has 0 unspecified atom stereocenters. The van der Waals surface area contributed by atoms with E-state index >= 15 is 0 Å². The normalized spacial score (nSPS) is 21.6. The van der Waals surface area contributed by atoms with Gasteiger partial charge in [-0.2, -0.15) is 0 Å². The highest BCUT2D eigenvalue weighted by Gasteiger charge is 2.12. The van der Waals surface area contributed by atoms with Crippen LogP contribution < -0.4 is 0 Å². The minimum absolute atomic E-state index is 1.10. The quantitative estimate of drug-likeness (QED) is 0.564. The Bertz CT molecular complexity index is 171. The molecule has 0 bridgehead atoms. The Morgan fingerprint density at radius 3 is 2.57 bits per heavy atom. The van der Waals surface area contributed by atoms with Crippen molar-refractivity contribution in [3.8, 4) is 0 Å². The molecule has 0 aromatic rings. The van der Waals surface area contributed by atoms with Gasteiger partial charge in [0.25, 0.3) is 0 Å². The van der Waals surface area contributed by atoms with E-state index in [2.05, 4.69) is 44.8 Å². The Hall–Kier alpha value is 0.140. The first-order valence-corrected chi connectivity index (χ1v) is 6.61. The highest BCUT2D eigenvalue weighted by molar-refractivity contribution is 9.09. The van der Waals surface area contributed by atoms with Crippen molar-refractivity contribution in [2.75, 3.05) is 44.6 Å². The molecule has 3 heteroatoms. The fourth-order valence-corrected chi connectivity index (χ4v) is 2.31. The zero-order valence-electron chi connectivity index (χ0n) is 9.08. The third-order valence-corrected chi connectivity index (χ3v) is 3.04. The molecule has 0 spiro atoms. The van der Waals surface area contributed by atoms with E-state index in [0.717, 1.165) is 11.9 Å². The summed E-state index contributed by atoms with van der Waals surface area (Å²) >= 11 is 3.50. The summed E-state index contributed by atoms with van der Waals surface area (Å²) in [6.45, 7) is 9.37. The maximum atomic E-state index is 3.50. The Labute approximate surface area is 96.1 Å². The maximum Gasteiger partial charge on any atom is 0.0163 e. The van der Waals surface area contributed by atoms with E-state index in [0.29, 0.717) is 0 Å². The predicted molar refractivity (Wildman–Crippen MR) is 66.1 cm³/mol. The van der Waals surface area contributed by atoms with Crippen LogP contribution in [-0.2, 0) is 0 Å². The summed E-state index contributed by atoms with van der Waals surface area (Å²) in [5.41, 5.74) is 0. The second-order valence-electron chi connectivity index (χ2n) is 3.75. The second kappa shape index (κ2) is 7.43. The fraction of sp³-hybridized carbons (Fsp3) is 0.818. The van der Waals surface area contributed by atoms with Crippen molar-refractivity contribution in [1.29, 1.82) is 0 Å². The van der Waals surface area contributed by atoms with Gasteiger partial charge in [0.15, 0.2) is 0 Å². The molecule has 0 radical (unpaired) electrons. The van der Waals surface area contributed by atoms with Gasteiger partial charge in [0.2, 0.25) is 0 Å². The summed E-state index contributed by atoms with van der Waals surface area (Å²) in [5.74, 6) is 0. The lowest BCUT2D eigenvalue weighted by atomic mass is 10.3. The standard InChI is InChI=1S/C11H21BrN2/c1-2-3-6-13-7-4-8-14(9-5-12)11-10-13/h2-3H,4-11H2,1H3/b3-2+. The Balaban J connectivity index is 2.25. The molecule has 82 valence electrons. The van der Waals surface area contributed by atoms with Crippen molar-refractivity contribution in [2.45, 2.75) is 13.3 Å².